The van der Waals surface area contributed by atoms with E-state index in [1.165, 1.54) is 23.7 Å². The van der Waals surface area contributed by atoms with Crippen molar-refractivity contribution in [3.05, 3.63) is 89.5 Å². The Bertz CT molecular complexity index is 1340. The van der Waals surface area contributed by atoms with Crippen molar-refractivity contribution in [3.63, 3.8) is 0 Å². The molecule has 3 rings (SSSR count). The van der Waals surface area contributed by atoms with E-state index < -0.39 is 28.5 Å². The second-order valence-corrected chi connectivity index (χ2v) is 11.8. The Morgan fingerprint density at radius 3 is 1.95 bits per heavy atom. The van der Waals surface area contributed by atoms with Gasteiger partial charge in [0.15, 0.2) is 0 Å². The molecule has 2 amide bonds. The predicted molar refractivity (Wildman–Crippen MR) is 154 cm³/mol. The maximum atomic E-state index is 13.9. The van der Waals surface area contributed by atoms with E-state index in [9.17, 15) is 18.0 Å². The number of carbonyl (C=O) groups excluding carboxylic acids is 2. The highest BCUT2D eigenvalue weighted by Crippen LogP contribution is 2.26. The molecule has 202 valence electrons. The van der Waals surface area contributed by atoms with Gasteiger partial charge in [-0.05, 0) is 68.5 Å². The molecule has 0 bridgehead atoms. The van der Waals surface area contributed by atoms with Crippen molar-refractivity contribution < 1.29 is 18.0 Å². The summed E-state index contributed by atoms with van der Waals surface area (Å²) in [6, 6.07) is 20.6. The van der Waals surface area contributed by atoms with Crippen molar-refractivity contribution >= 4 is 39.3 Å². The first kappa shape index (κ1) is 29.3. The van der Waals surface area contributed by atoms with E-state index in [2.05, 4.69) is 5.32 Å². The summed E-state index contributed by atoms with van der Waals surface area (Å²) in [5, 5.41) is 2.64. The van der Waals surface area contributed by atoms with Gasteiger partial charge in [-0.3, -0.25) is 13.9 Å². The number of likely N-dealkylation sites (N-methyl/N-ethyl adjacent to an activating group) is 1. The molecule has 0 fully saturated rings. The van der Waals surface area contributed by atoms with Crippen LogP contribution in [0, 0.1) is 13.8 Å². The van der Waals surface area contributed by atoms with E-state index >= 15 is 0 Å². The van der Waals surface area contributed by atoms with Gasteiger partial charge in [-0.2, -0.15) is 0 Å². The van der Waals surface area contributed by atoms with Crippen molar-refractivity contribution in [3.8, 4) is 0 Å². The van der Waals surface area contributed by atoms with Crippen molar-refractivity contribution in [1.29, 1.82) is 0 Å². The molecule has 0 aromatic heterocycles. The van der Waals surface area contributed by atoms with Crippen LogP contribution in [0.3, 0.4) is 0 Å². The fourth-order valence-corrected chi connectivity index (χ4v) is 5.91. The molecule has 1 N–H and O–H groups in total. The highest BCUT2D eigenvalue weighted by atomic mass is 32.2. The summed E-state index contributed by atoms with van der Waals surface area (Å²) in [5.74, 6) is -0.767. The normalized spacial score (nSPS) is 12.0. The van der Waals surface area contributed by atoms with Gasteiger partial charge < -0.3 is 10.2 Å². The van der Waals surface area contributed by atoms with Crippen LogP contribution in [0.5, 0.6) is 0 Å². The summed E-state index contributed by atoms with van der Waals surface area (Å²) in [4.78, 5) is 29.2. The number of carbonyl (C=O) groups is 2. The number of hydrogen-bond acceptors (Lipinski definition) is 5. The number of rotatable bonds is 11. The minimum Gasteiger partial charge on any atom is -0.357 e. The van der Waals surface area contributed by atoms with E-state index in [1.807, 2.05) is 63.4 Å². The van der Waals surface area contributed by atoms with E-state index in [1.54, 1.807) is 36.4 Å². The van der Waals surface area contributed by atoms with Crippen LogP contribution in [0.4, 0.5) is 5.69 Å². The van der Waals surface area contributed by atoms with Crippen LogP contribution in [0.25, 0.3) is 0 Å². The molecule has 0 saturated carbocycles. The molecule has 0 aliphatic rings. The molecule has 0 unspecified atom stereocenters. The molecule has 1 atom stereocenters. The number of aryl methyl sites for hydroxylation is 2. The van der Waals surface area contributed by atoms with Gasteiger partial charge in [-0.25, -0.2) is 8.42 Å². The summed E-state index contributed by atoms with van der Waals surface area (Å²) >= 11 is 1.51. The van der Waals surface area contributed by atoms with Crippen LogP contribution in [0.2, 0.25) is 0 Å². The lowest BCUT2D eigenvalue weighted by Crippen LogP contribution is -2.51. The number of anilines is 1. The Morgan fingerprint density at radius 2 is 1.45 bits per heavy atom. The first-order chi connectivity index (χ1) is 18.1. The van der Waals surface area contributed by atoms with E-state index in [-0.39, 0.29) is 17.3 Å². The van der Waals surface area contributed by atoms with Gasteiger partial charge in [-0.15, -0.1) is 11.8 Å². The van der Waals surface area contributed by atoms with E-state index in [4.69, 9.17) is 0 Å². The maximum Gasteiger partial charge on any atom is 0.264 e. The standard InChI is InChI=1S/C29H35N3O4S2/c1-6-27(29(34)30-4)31(19-23-11-7-21(2)8-12-23)28(33)20-32(24-13-9-22(3)10-14-24)38(35,36)26-17-15-25(37-5)16-18-26/h7-18,27H,6,19-20H2,1-5H3,(H,30,34)/t27-/m0/s1. The predicted octanol–water partition coefficient (Wildman–Crippen LogP) is 4.77. The van der Waals surface area contributed by atoms with E-state index in [0.29, 0.717) is 12.1 Å². The second kappa shape index (κ2) is 13.0. The van der Waals surface area contributed by atoms with Crippen molar-refractivity contribution in [2.75, 3.05) is 24.2 Å². The number of nitrogens with zero attached hydrogens (tertiary/aromatic N) is 2. The van der Waals surface area contributed by atoms with Crippen LogP contribution >= 0.6 is 11.8 Å². The Kier molecular flexibility index (Phi) is 9.99. The average molecular weight is 554 g/mol. The summed E-state index contributed by atoms with van der Waals surface area (Å²) in [5.41, 5.74) is 3.27. The number of nitrogens with one attached hydrogen (secondary N) is 1. The zero-order chi connectivity index (χ0) is 27.9. The number of sulfonamides is 1. The van der Waals surface area contributed by atoms with Crippen molar-refractivity contribution in [2.24, 2.45) is 0 Å². The summed E-state index contributed by atoms with van der Waals surface area (Å²) in [6.07, 6.45) is 2.30. The minimum atomic E-state index is -4.08. The molecule has 38 heavy (non-hydrogen) atoms. The highest BCUT2D eigenvalue weighted by Gasteiger charge is 2.33. The summed E-state index contributed by atoms with van der Waals surface area (Å²) in [6.45, 7) is 5.44. The largest absolute Gasteiger partial charge is 0.357 e. The molecule has 3 aromatic rings. The third-order valence-corrected chi connectivity index (χ3v) is 8.89. The zero-order valence-corrected chi connectivity index (χ0v) is 24.1. The molecular weight excluding hydrogens is 518 g/mol. The lowest BCUT2D eigenvalue weighted by molar-refractivity contribution is -0.140. The first-order valence-corrected chi connectivity index (χ1v) is 15.1. The molecule has 0 saturated heterocycles. The van der Waals surface area contributed by atoms with Crippen LogP contribution in [0.1, 0.15) is 30.0 Å². The molecule has 0 aliphatic heterocycles. The molecular formula is C29H35N3O4S2. The average Bonchev–Trinajstić information content (AvgIpc) is 2.92. The van der Waals surface area contributed by atoms with Gasteiger partial charge in [0, 0.05) is 18.5 Å². The number of hydrogen-bond donors (Lipinski definition) is 1. The molecule has 3 aromatic carbocycles. The molecule has 0 radical (unpaired) electrons. The van der Waals surface area contributed by atoms with Gasteiger partial charge >= 0.3 is 0 Å². The molecule has 9 heteroatoms. The van der Waals surface area contributed by atoms with Crippen LogP contribution < -0.4 is 9.62 Å². The maximum absolute atomic E-state index is 13.9. The highest BCUT2D eigenvalue weighted by molar-refractivity contribution is 7.98. The third kappa shape index (κ3) is 6.96. The fraction of sp³-hybridized carbons (Fsp3) is 0.310. The van der Waals surface area contributed by atoms with Gasteiger partial charge in [0.1, 0.15) is 12.6 Å². The monoisotopic (exact) mass is 553 g/mol. The summed E-state index contributed by atoms with van der Waals surface area (Å²) in [7, 11) is -2.55. The minimum absolute atomic E-state index is 0.0899. The fourth-order valence-electron chi connectivity index (χ4n) is 4.09. The number of amides is 2. The van der Waals surface area contributed by atoms with Crippen LogP contribution in [0.15, 0.2) is 82.6 Å². The summed E-state index contributed by atoms with van der Waals surface area (Å²) < 4.78 is 28.9. The van der Waals surface area contributed by atoms with Crippen LogP contribution in [-0.2, 0) is 26.2 Å². The Morgan fingerprint density at radius 1 is 0.895 bits per heavy atom. The topological polar surface area (TPSA) is 86.8 Å². The van der Waals surface area contributed by atoms with Gasteiger partial charge in [-0.1, -0.05) is 54.4 Å². The van der Waals surface area contributed by atoms with E-state index in [0.717, 1.165) is 25.9 Å². The Balaban J connectivity index is 2.04. The Labute approximate surface area is 230 Å². The van der Waals surface area contributed by atoms with Crippen molar-refractivity contribution in [2.45, 2.75) is 49.6 Å². The smallest absolute Gasteiger partial charge is 0.264 e. The van der Waals surface area contributed by atoms with Gasteiger partial charge in [0.25, 0.3) is 10.0 Å². The molecule has 7 nitrogen and oxygen atoms in total. The molecule has 0 heterocycles. The number of thioether (sulfide) groups is 1. The lowest BCUT2D eigenvalue weighted by atomic mass is 10.1. The second-order valence-electron chi connectivity index (χ2n) is 9.07. The SMILES string of the molecule is CC[C@@H](C(=O)NC)N(Cc1ccc(C)cc1)C(=O)CN(c1ccc(C)cc1)S(=O)(=O)c1ccc(SC)cc1. The zero-order valence-electron chi connectivity index (χ0n) is 22.5. The molecule has 0 spiro atoms. The molecule has 0 aliphatic carbocycles. The Hall–Kier alpha value is -3.30. The quantitative estimate of drug-likeness (QED) is 0.346. The van der Waals surface area contributed by atoms with Crippen molar-refractivity contribution in [1.82, 2.24) is 10.2 Å². The number of benzene rings is 3. The van der Waals surface area contributed by atoms with Crippen LogP contribution in [-0.4, -0.2) is 51.0 Å². The third-order valence-electron chi connectivity index (χ3n) is 6.35. The van der Waals surface area contributed by atoms with Gasteiger partial charge in [0.2, 0.25) is 11.8 Å². The lowest BCUT2D eigenvalue weighted by Gasteiger charge is -2.33. The van der Waals surface area contributed by atoms with Gasteiger partial charge in [0.05, 0.1) is 10.6 Å². The first-order valence-electron chi connectivity index (χ1n) is 12.4.